The highest BCUT2D eigenvalue weighted by Crippen LogP contribution is 2.22. The Morgan fingerprint density at radius 1 is 1.03 bits per heavy atom. The lowest BCUT2D eigenvalue weighted by atomic mass is 10.1. The molecule has 3 rings (SSSR count). The van der Waals surface area contributed by atoms with Crippen LogP contribution in [0.15, 0.2) is 41.8 Å². The minimum absolute atomic E-state index is 0.0728. The zero-order valence-corrected chi connectivity index (χ0v) is 19.8. The van der Waals surface area contributed by atoms with Gasteiger partial charge in [-0.05, 0) is 42.3 Å². The molecule has 0 aliphatic rings. The van der Waals surface area contributed by atoms with Gasteiger partial charge in [-0.3, -0.25) is 9.59 Å². The van der Waals surface area contributed by atoms with Gasteiger partial charge >= 0.3 is 0 Å². The van der Waals surface area contributed by atoms with Crippen molar-refractivity contribution in [2.75, 3.05) is 13.1 Å². The van der Waals surface area contributed by atoms with E-state index in [1.54, 1.807) is 6.07 Å². The average molecular weight is 441 g/mol. The van der Waals surface area contributed by atoms with E-state index in [0.717, 1.165) is 24.1 Å². The van der Waals surface area contributed by atoms with Crippen molar-refractivity contribution in [3.8, 4) is 0 Å². The van der Waals surface area contributed by atoms with Crippen LogP contribution in [-0.2, 0) is 11.3 Å². The highest BCUT2D eigenvalue weighted by atomic mass is 32.1. The number of fused-ring (bicyclic) bond motifs is 1. The number of aromatic nitrogens is 2. The van der Waals surface area contributed by atoms with Gasteiger partial charge in [0.15, 0.2) is 0 Å². The van der Waals surface area contributed by atoms with E-state index in [1.807, 2.05) is 52.1 Å². The zero-order chi connectivity index (χ0) is 22.5. The van der Waals surface area contributed by atoms with E-state index in [0.29, 0.717) is 22.5 Å². The number of carbonyl (C=O) groups is 2. The molecule has 3 aromatic rings. The van der Waals surface area contributed by atoms with Gasteiger partial charge in [-0.25, -0.2) is 4.98 Å². The van der Waals surface area contributed by atoms with Crippen LogP contribution >= 0.6 is 11.3 Å². The smallest absolute Gasteiger partial charge is 0.261 e. The Labute approximate surface area is 188 Å². The fourth-order valence-corrected chi connectivity index (χ4v) is 4.35. The van der Waals surface area contributed by atoms with Gasteiger partial charge in [0.1, 0.15) is 12.4 Å². The lowest BCUT2D eigenvalue weighted by Gasteiger charge is -2.27. The van der Waals surface area contributed by atoms with E-state index >= 15 is 0 Å². The molecule has 7 heteroatoms. The Kier molecular flexibility index (Phi) is 7.49. The summed E-state index contributed by atoms with van der Waals surface area (Å²) in [5, 5.41) is 4.91. The second-order valence-electron chi connectivity index (χ2n) is 8.80. The molecule has 1 atom stereocenters. The number of para-hydroxylation sites is 2. The van der Waals surface area contributed by atoms with Crippen molar-refractivity contribution in [2.45, 2.75) is 47.2 Å². The molecule has 1 N–H and O–H groups in total. The summed E-state index contributed by atoms with van der Waals surface area (Å²) in [5.74, 6) is 1.42. The van der Waals surface area contributed by atoms with Gasteiger partial charge in [-0.1, -0.05) is 45.9 Å². The molecule has 0 bridgehead atoms. The number of hydrogen-bond acceptors (Lipinski definition) is 4. The van der Waals surface area contributed by atoms with Crippen molar-refractivity contribution < 1.29 is 9.59 Å². The average Bonchev–Trinajstić information content (AvgIpc) is 3.35. The van der Waals surface area contributed by atoms with Gasteiger partial charge in [0.05, 0.1) is 22.0 Å². The van der Waals surface area contributed by atoms with Crippen molar-refractivity contribution in [3.05, 3.63) is 52.5 Å². The molecule has 31 heavy (non-hydrogen) atoms. The van der Waals surface area contributed by atoms with E-state index in [1.165, 1.54) is 11.3 Å². The predicted molar refractivity (Wildman–Crippen MR) is 126 cm³/mol. The molecule has 1 aromatic carbocycles. The second-order valence-corrected chi connectivity index (χ2v) is 9.75. The monoisotopic (exact) mass is 440 g/mol. The van der Waals surface area contributed by atoms with Crippen LogP contribution in [0.5, 0.6) is 0 Å². The summed E-state index contributed by atoms with van der Waals surface area (Å²) >= 11 is 1.40. The van der Waals surface area contributed by atoms with Crippen LogP contribution in [0.1, 0.15) is 56.2 Å². The first-order valence-corrected chi connectivity index (χ1v) is 11.7. The molecule has 0 fully saturated rings. The minimum Gasteiger partial charge on any atom is -0.342 e. The van der Waals surface area contributed by atoms with E-state index in [2.05, 4.69) is 33.0 Å². The quantitative estimate of drug-likeness (QED) is 0.523. The number of rotatable bonds is 9. The molecular formula is C24H32N4O2S. The van der Waals surface area contributed by atoms with E-state index in [9.17, 15) is 9.59 Å². The maximum Gasteiger partial charge on any atom is 0.261 e. The highest BCUT2D eigenvalue weighted by Gasteiger charge is 2.23. The molecule has 6 nitrogen and oxygen atoms in total. The molecule has 0 saturated carbocycles. The van der Waals surface area contributed by atoms with E-state index in [-0.39, 0.29) is 24.4 Å². The Hall–Kier alpha value is -2.67. The Bertz CT molecular complexity index is 1010. The van der Waals surface area contributed by atoms with Crippen LogP contribution < -0.4 is 5.32 Å². The molecule has 1 unspecified atom stereocenters. The summed E-state index contributed by atoms with van der Waals surface area (Å²) in [4.78, 5) is 33.2. The summed E-state index contributed by atoms with van der Waals surface area (Å²) in [6.07, 6.45) is 0. The summed E-state index contributed by atoms with van der Waals surface area (Å²) in [5.41, 5.74) is 1.72. The van der Waals surface area contributed by atoms with Crippen LogP contribution in [0.25, 0.3) is 11.0 Å². The number of carbonyl (C=O) groups excluding carboxylic acids is 2. The largest absolute Gasteiger partial charge is 0.342 e. The standard InChI is InChI=1S/C24H32N4O2S/c1-16(2)13-27(14-17(3)4)22(29)15-28-20-10-7-6-9-19(20)26-23(28)18(5)25-24(30)21-11-8-12-31-21/h6-12,16-18H,13-15H2,1-5H3,(H,25,30). The van der Waals surface area contributed by atoms with Gasteiger partial charge in [-0.15, -0.1) is 11.3 Å². The van der Waals surface area contributed by atoms with Gasteiger partial charge in [0.25, 0.3) is 5.91 Å². The summed E-state index contributed by atoms with van der Waals surface area (Å²) in [6, 6.07) is 11.1. The number of nitrogens with zero attached hydrogens (tertiary/aromatic N) is 3. The summed E-state index contributed by atoms with van der Waals surface area (Å²) < 4.78 is 1.95. The Balaban J connectivity index is 1.89. The van der Waals surface area contributed by atoms with Crippen LogP contribution in [0.4, 0.5) is 0 Å². The third kappa shape index (κ3) is 5.73. The number of amides is 2. The first-order chi connectivity index (χ1) is 14.8. The fraction of sp³-hybridized carbons (Fsp3) is 0.458. The summed E-state index contributed by atoms with van der Waals surface area (Å²) in [7, 11) is 0. The number of imidazole rings is 1. The number of hydrogen-bond donors (Lipinski definition) is 1. The molecule has 0 radical (unpaired) electrons. The second kappa shape index (κ2) is 10.1. The van der Waals surface area contributed by atoms with Crippen LogP contribution in [0.3, 0.4) is 0 Å². The lowest BCUT2D eigenvalue weighted by Crippen LogP contribution is -2.39. The summed E-state index contributed by atoms with van der Waals surface area (Å²) in [6.45, 7) is 12.1. The van der Waals surface area contributed by atoms with Gasteiger partial charge in [0.2, 0.25) is 5.91 Å². The van der Waals surface area contributed by atoms with Gasteiger partial charge < -0.3 is 14.8 Å². The maximum absolute atomic E-state index is 13.3. The van der Waals surface area contributed by atoms with Gasteiger partial charge in [0, 0.05) is 13.1 Å². The van der Waals surface area contributed by atoms with Crippen LogP contribution in [0, 0.1) is 11.8 Å². The van der Waals surface area contributed by atoms with E-state index in [4.69, 9.17) is 4.98 Å². The molecule has 0 spiro atoms. The van der Waals surface area contributed by atoms with Crippen molar-refractivity contribution in [1.29, 1.82) is 0 Å². The third-order valence-electron chi connectivity index (χ3n) is 4.98. The lowest BCUT2D eigenvalue weighted by molar-refractivity contribution is -0.132. The van der Waals surface area contributed by atoms with Crippen molar-refractivity contribution in [1.82, 2.24) is 19.8 Å². The van der Waals surface area contributed by atoms with Crippen molar-refractivity contribution in [3.63, 3.8) is 0 Å². The Morgan fingerprint density at radius 2 is 1.71 bits per heavy atom. The van der Waals surface area contributed by atoms with Crippen molar-refractivity contribution in [2.24, 2.45) is 11.8 Å². The molecule has 2 heterocycles. The van der Waals surface area contributed by atoms with E-state index < -0.39 is 0 Å². The zero-order valence-electron chi connectivity index (χ0n) is 19.0. The van der Waals surface area contributed by atoms with Crippen molar-refractivity contribution >= 4 is 34.2 Å². The number of benzene rings is 1. The number of nitrogens with one attached hydrogen (secondary N) is 1. The first kappa shape index (κ1) is 23.0. The molecule has 0 saturated heterocycles. The highest BCUT2D eigenvalue weighted by molar-refractivity contribution is 7.12. The topological polar surface area (TPSA) is 67.2 Å². The molecule has 2 amide bonds. The SMILES string of the molecule is CC(C)CN(CC(C)C)C(=O)Cn1c(C(C)NC(=O)c2cccs2)nc2ccccc21. The normalized spacial score (nSPS) is 12.5. The minimum atomic E-state index is -0.335. The first-order valence-electron chi connectivity index (χ1n) is 10.8. The Morgan fingerprint density at radius 3 is 2.32 bits per heavy atom. The molecule has 2 aromatic heterocycles. The maximum atomic E-state index is 13.3. The molecule has 0 aliphatic carbocycles. The molecule has 0 aliphatic heterocycles. The third-order valence-corrected chi connectivity index (χ3v) is 5.85. The number of thiophene rings is 1. The molecule has 166 valence electrons. The van der Waals surface area contributed by atoms with Crippen LogP contribution in [0.2, 0.25) is 0 Å². The van der Waals surface area contributed by atoms with Gasteiger partial charge in [-0.2, -0.15) is 0 Å². The predicted octanol–water partition coefficient (Wildman–Crippen LogP) is 4.73. The fourth-order valence-electron chi connectivity index (χ4n) is 3.73. The van der Waals surface area contributed by atoms with Crippen LogP contribution in [-0.4, -0.2) is 39.4 Å². The molecular weight excluding hydrogens is 408 g/mol.